The number of aromatic nitrogens is 1. The van der Waals surface area contributed by atoms with Crippen molar-refractivity contribution < 1.29 is 14.3 Å². The molecular weight excluding hydrogens is 304 g/mol. The molecule has 1 fully saturated rings. The summed E-state index contributed by atoms with van der Waals surface area (Å²) >= 11 is 0. The van der Waals surface area contributed by atoms with E-state index in [1.54, 1.807) is 0 Å². The lowest BCUT2D eigenvalue weighted by Crippen LogP contribution is -2.26. The second-order valence-corrected chi connectivity index (χ2v) is 6.49. The first-order valence-electron chi connectivity index (χ1n) is 8.52. The Morgan fingerprint density at radius 3 is 2.79 bits per heavy atom. The highest BCUT2D eigenvalue weighted by Gasteiger charge is 2.26. The van der Waals surface area contributed by atoms with Crippen LogP contribution in [0.1, 0.15) is 43.1 Å². The van der Waals surface area contributed by atoms with Gasteiger partial charge in [-0.1, -0.05) is 6.07 Å². The quantitative estimate of drug-likeness (QED) is 0.765. The molecule has 0 saturated heterocycles. The molecule has 4 rings (SSSR count). The normalized spacial score (nSPS) is 17.4. The Hall–Kier alpha value is -2.43. The maximum Gasteiger partial charge on any atom is 0.210 e. The van der Waals surface area contributed by atoms with Gasteiger partial charge in [-0.3, -0.25) is 4.79 Å². The van der Waals surface area contributed by atoms with E-state index in [1.165, 1.54) is 18.5 Å². The number of hydrogen-bond donors (Lipinski definition) is 0. The molecule has 1 aliphatic carbocycles. The number of rotatable bonds is 6. The van der Waals surface area contributed by atoms with Gasteiger partial charge in [-0.15, -0.1) is 0 Å². The fourth-order valence-corrected chi connectivity index (χ4v) is 3.24. The highest BCUT2D eigenvalue weighted by Crippen LogP contribution is 2.37. The minimum Gasteiger partial charge on any atom is -0.486 e. The molecule has 1 aromatic heterocycles. The Kier molecular flexibility index (Phi) is 3.92. The Balaban J connectivity index is 1.53. The molecule has 0 radical (unpaired) electrons. The minimum absolute atomic E-state index is 0.0270. The Morgan fingerprint density at radius 2 is 2.04 bits per heavy atom. The number of carbonyl (C=O) groups is 1. The molecule has 24 heavy (non-hydrogen) atoms. The molecule has 0 bridgehead atoms. The highest BCUT2D eigenvalue weighted by atomic mass is 16.6. The molecule has 126 valence electrons. The number of benzene rings is 1. The molecule has 1 atom stereocenters. The topological polar surface area (TPSA) is 43.7 Å². The molecule has 5 heteroatoms. The molecule has 1 aliphatic heterocycles. The van der Waals surface area contributed by atoms with Gasteiger partial charge in [0.1, 0.15) is 13.2 Å². The number of nitrogens with zero attached hydrogens (tertiary/aromatic N) is 2. The van der Waals surface area contributed by atoms with Crippen molar-refractivity contribution in [1.29, 1.82) is 0 Å². The fraction of sp³-hybridized carbons (Fsp3) is 0.421. The zero-order valence-electron chi connectivity index (χ0n) is 13.9. The van der Waals surface area contributed by atoms with Crippen LogP contribution in [0.4, 0.5) is 0 Å². The molecular formula is C19H22N2O3. The summed E-state index contributed by atoms with van der Waals surface area (Å²) in [5.41, 5.74) is 2.24. The smallest absolute Gasteiger partial charge is 0.210 e. The first kappa shape index (κ1) is 15.1. The van der Waals surface area contributed by atoms with Gasteiger partial charge in [0.2, 0.25) is 6.41 Å². The second kappa shape index (κ2) is 6.23. The molecule has 2 heterocycles. The van der Waals surface area contributed by atoms with Gasteiger partial charge in [-0.2, -0.15) is 0 Å². The van der Waals surface area contributed by atoms with E-state index in [0.29, 0.717) is 25.8 Å². The summed E-state index contributed by atoms with van der Waals surface area (Å²) in [7, 11) is 0. The average molecular weight is 326 g/mol. The molecule has 5 nitrogen and oxygen atoms in total. The van der Waals surface area contributed by atoms with Gasteiger partial charge in [0, 0.05) is 17.9 Å². The van der Waals surface area contributed by atoms with E-state index >= 15 is 0 Å². The lowest BCUT2D eigenvalue weighted by Gasteiger charge is -2.27. The van der Waals surface area contributed by atoms with Crippen LogP contribution in [0.3, 0.4) is 0 Å². The number of amides is 1. The van der Waals surface area contributed by atoms with Gasteiger partial charge in [0.15, 0.2) is 11.5 Å². The van der Waals surface area contributed by atoms with Crippen LogP contribution >= 0.6 is 0 Å². The van der Waals surface area contributed by atoms with Crippen molar-refractivity contribution in [3.05, 3.63) is 47.8 Å². The monoisotopic (exact) mass is 326 g/mol. The van der Waals surface area contributed by atoms with Crippen LogP contribution in [0.25, 0.3) is 0 Å². The first-order valence-corrected chi connectivity index (χ1v) is 8.52. The Bertz CT molecular complexity index is 736. The summed E-state index contributed by atoms with van der Waals surface area (Å²) in [5, 5.41) is 0. The SMILES string of the molecule is CC(c1ccc2c(c1)OCCO2)N(C=O)Cc1cccn1C1CC1. The van der Waals surface area contributed by atoms with Crippen molar-refractivity contribution >= 4 is 6.41 Å². The molecule has 1 aromatic carbocycles. The van der Waals surface area contributed by atoms with E-state index in [2.05, 4.69) is 22.9 Å². The molecule has 1 unspecified atom stereocenters. The summed E-state index contributed by atoms with van der Waals surface area (Å²) in [6, 6.07) is 10.7. The molecule has 1 amide bonds. The van der Waals surface area contributed by atoms with Crippen molar-refractivity contribution in [1.82, 2.24) is 9.47 Å². The Labute approximate surface area is 141 Å². The van der Waals surface area contributed by atoms with Crippen molar-refractivity contribution in [2.75, 3.05) is 13.2 Å². The summed E-state index contributed by atoms with van der Waals surface area (Å²) in [6.07, 6.45) is 5.53. The number of fused-ring (bicyclic) bond motifs is 1. The van der Waals surface area contributed by atoms with Crippen molar-refractivity contribution in [3.63, 3.8) is 0 Å². The van der Waals surface area contributed by atoms with Crippen LogP contribution in [0, 0.1) is 0 Å². The van der Waals surface area contributed by atoms with E-state index in [-0.39, 0.29) is 6.04 Å². The number of ether oxygens (including phenoxy) is 2. The van der Waals surface area contributed by atoms with Crippen LogP contribution < -0.4 is 9.47 Å². The van der Waals surface area contributed by atoms with E-state index in [1.807, 2.05) is 30.0 Å². The maximum absolute atomic E-state index is 11.7. The molecule has 0 spiro atoms. The highest BCUT2D eigenvalue weighted by molar-refractivity contribution is 5.51. The standard InChI is InChI=1S/C19H22N2O3/c1-14(15-4-7-18-19(11-15)24-10-9-23-18)20(13-22)12-17-3-2-8-21(17)16-5-6-16/h2-4,7-8,11,13-14,16H,5-6,9-10,12H2,1H3. The maximum atomic E-state index is 11.7. The zero-order chi connectivity index (χ0) is 16.5. The molecule has 0 N–H and O–H groups in total. The second-order valence-electron chi connectivity index (χ2n) is 6.49. The van der Waals surface area contributed by atoms with Gasteiger partial charge >= 0.3 is 0 Å². The van der Waals surface area contributed by atoms with Crippen LogP contribution in [-0.2, 0) is 11.3 Å². The van der Waals surface area contributed by atoms with Gasteiger partial charge in [0.05, 0.1) is 12.6 Å². The van der Waals surface area contributed by atoms with Crippen LogP contribution in [-0.4, -0.2) is 29.1 Å². The van der Waals surface area contributed by atoms with E-state index in [9.17, 15) is 4.79 Å². The zero-order valence-corrected chi connectivity index (χ0v) is 13.9. The third-order valence-corrected chi connectivity index (χ3v) is 4.83. The third-order valence-electron chi connectivity index (χ3n) is 4.83. The minimum atomic E-state index is -0.0270. The fourth-order valence-electron chi connectivity index (χ4n) is 3.24. The van der Waals surface area contributed by atoms with E-state index < -0.39 is 0 Å². The molecule has 2 aliphatic rings. The van der Waals surface area contributed by atoms with Crippen molar-refractivity contribution in [3.8, 4) is 11.5 Å². The Morgan fingerprint density at radius 1 is 1.25 bits per heavy atom. The largest absolute Gasteiger partial charge is 0.486 e. The molecule has 1 saturated carbocycles. The summed E-state index contributed by atoms with van der Waals surface area (Å²) < 4.78 is 13.5. The molecule has 2 aromatic rings. The number of carbonyl (C=O) groups excluding carboxylic acids is 1. The van der Waals surface area contributed by atoms with Crippen LogP contribution in [0.2, 0.25) is 0 Å². The van der Waals surface area contributed by atoms with E-state index in [0.717, 1.165) is 23.5 Å². The van der Waals surface area contributed by atoms with Gasteiger partial charge in [-0.25, -0.2) is 0 Å². The van der Waals surface area contributed by atoms with Crippen LogP contribution in [0.15, 0.2) is 36.5 Å². The predicted molar refractivity (Wildman–Crippen MR) is 90.2 cm³/mol. The van der Waals surface area contributed by atoms with Gasteiger partial charge in [-0.05, 0) is 49.6 Å². The lowest BCUT2D eigenvalue weighted by atomic mass is 10.1. The summed E-state index contributed by atoms with van der Waals surface area (Å²) in [5.74, 6) is 1.54. The van der Waals surface area contributed by atoms with E-state index in [4.69, 9.17) is 9.47 Å². The van der Waals surface area contributed by atoms with Crippen molar-refractivity contribution in [2.45, 2.75) is 38.4 Å². The van der Waals surface area contributed by atoms with Crippen LogP contribution in [0.5, 0.6) is 11.5 Å². The van der Waals surface area contributed by atoms with Crippen molar-refractivity contribution in [2.24, 2.45) is 0 Å². The summed E-state index contributed by atoms with van der Waals surface area (Å²) in [4.78, 5) is 13.5. The van der Waals surface area contributed by atoms with Gasteiger partial charge in [0.25, 0.3) is 0 Å². The lowest BCUT2D eigenvalue weighted by molar-refractivity contribution is -0.120. The first-order chi connectivity index (χ1) is 11.8. The number of hydrogen-bond acceptors (Lipinski definition) is 3. The summed E-state index contributed by atoms with van der Waals surface area (Å²) in [6.45, 7) is 3.81. The average Bonchev–Trinajstić information content (AvgIpc) is 3.37. The third kappa shape index (κ3) is 2.86. The predicted octanol–water partition coefficient (Wildman–Crippen LogP) is 3.31. The van der Waals surface area contributed by atoms with Gasteiger partial charge < -0.3 is 18.9 Å².